The number of nitrogens with zero attached hydrogens (tertiary/aromatic N) is 2. The number of urea groups is 1. The van der Waals surface area contributed by atoms with Crippen LogP contribution >= 0.6 is 0 Å². The molecule has 2 saturated carbocycles. The molecule has 1 heterocycles. The van der Waals surface area contributed by atoms with Gasteiger partial charge in [0, 0.05) is 29.8 Å². The molecular weight excluding hydrogens is 300 g/mol. The van der Waals surface area contributed by atoms with E-state index in [4.69, 9.17) is 5.10 Å². The summed E-state index contributed by atoms with van der Waals surface area (Å²) in [6, 6.07) is 9.93. The molecule has 2 fully saturated rings. The first kappa shape index (κ1) is 15.2. The number of carbonyl (C=O) groups is 1. The van der Waals surface area contributed by atoms with Crippen molar-refractivity contribution in [2.45, 2.75) is 51.0 Å². The van der Waals surface area contributed by atoms with E-state index in [0.29, 0.717) is 18.4 Å². The number of rotatable bonds is 6. The van der Waals surface area contributed by atoms with Crippen LogP contribution in [0.2, 0.25) is 0 Å². The summed E-state index contributed by atoms with van der Waals surface area (Å²) < 4.78 is 2.11. The predicted molar refractivity (Wildman–Crippen MR) is 94.4 cm³/mol. The lowest BCUT2D eigenvalue weighted by Gasteiger charge is -2.10. The minimum atomic E-state index is -0.165. The van der Waals surface area contributed by atoms with Crippen LogP contribution in [0.1, 0.15) is 54.5 Å². The minimum absolute atomic E-state index is 0.165. The number of carbonyl (C=O) groups excluding carboxylic acids is 1. The Kier molecular flexibility index (Phi) is 4.00. The molecular formula is C19H24N4O. The maximum Gasteiger partial charge on any atom is 0.319 e. The van der Waals surface area contributed by atoms with Gasteiger partial charge in [0.25, 0.3) is 0 Å². The molecule has 2 amide bonds. The van der Waals surface area contributed by atoms with Crippen molar-refractivity contribution in [3.63, 3.8) is 0 Å². The van der Waals surface area contributed by atoms with Crippen LogP contribution in [0.15, 0.2) is 30.3 Å². The fraction of sp³-hybridized carbons (Fsp3) is 0.474. The van der Waals surface area contributed by atoms with Crippen LogP contribution in [0.25, 0.3) is 0 Å². The topological polar surface area (TPSA) is 59.0 Å². The van der Waals surface area contributed by atoms with E-state index in [-0.39, 0.29) is 6.03 Å². The zero-order valence-electron chi connectivity index (χ0n) is 14.1. The van der Waals surface area contributed by atoms with E-state index in [9.17, 15) is 4.79 Å². The van der Waals surface area contributed by atoms with Crippen LogP contribution in [0.4, 0.5) is 10.5 Å². The van der Waals surface area contributed by atoms with Gasteiger partial charge in [-0.25, -0.2) is 4.79 Å². The number of nitrogens with one attached hydrogen (secondary N) is 2. The molecule has 0 bridgehead atoms. The summed E-state index contributed by atoms with van der Waals surface area (Å²) in [7, 11) is 0. The van der Waals surface area contributed by atoms with Crippen molar-refractivity contribution in [3.05, 3.63) is 47.3 Å². The van der Waals surface area contributed by atoms with E-state index in [1.54, 1.807) is 0 Å². The average molecular weight is 324 g/mol. The van der Waals surface area contributed by atoms with Gasteiger partial charge < -0.3 is 10.6 Å². The van der Waals surface area contributed by atoms with Crippen molar-refractivity contribution in [1.82, 2.24) is 15.1 Å². The lowest BCUT2D eigenvalue weighted by atomic mass is 10.2. The highest BCUT2D eigenvalue weighted by Crippen LogP contribution is 2.44. The van der Waals surface area contributed by atoms with Crippen molar-refractivity contribution >= 4 is 11.7 Å². The van der Waals surface area contributed by atoms with Gasteiger partial charge in [-0.2, -0.15) is 5.10 Å². The lowest BCUT2D eigenvalue weighted by molar-refractivity contribution is 0.251. The second-order valence-electron chi connectivity index (χ2n) is 7.01. The van der Waals surface area contributed by atoms with Crippen LogP contribution in [0, 0.1) is 6.92 Å². The smallest absolute Gasteiger partial charge is 0.319 e. The van der Waals surface area contributed by atoms with Gasteiger partial charge >= 0.3 is 6.03 Å². The summed E-state index contributed by atoms with van der Waals surface area (Å²) in [5.41, 5.74) is 4.60. The van der Waals surface area contributed by atoms with E-state index < -0.39 is 0 Å². The van der Waals surface area contributed by atoms with E-state index in [2.05, 4.69) is 21.4 Å². The number of hydrogen-bond donors (Lipinski definition) is 2. The van der Waals surface area contributed by atoms with Gasteiger partial charge in [-0.05, 0) is 50.8 Å². The number of amides is 2. The molecule has 2 N–H and O–H groups in total. The summed E-state index contributed by atoms with van der Waals surface area (Å²) >= 11 is 0. The van der Waals surface area contributed by atoms with Gasteiger partial charge in [0.1, 0.15) is 0 Å². The molecule has 1 aromatic carbocycles. The molecule has 24 heavy (non-hydrogen) atoms. The maximum atomic E-state index is 12.0. The van der Waals surface area contributed by atoms with E-state index in [0.717, 1.165) is 12.2 Å². The van der Waals surface area contributed by atoms with Gasteiger partial charge in [0.05, 0.1) is 12.2 Å². The Hall–Kier alpha value is -2.30. The highest BCUT2D eigenvalue weighted by molar-refractivity contribution is 5.89. The second kappa shape index (κ2) is 6.30. The van der Waals surface area contributed by atoms with Gasteiger partial charge in [-0.3, -0.25) is 4.68 Å². The highest BCUT2D eigenvalue weighted by Gasteiger charge is 2.32. The molecule has 2 aliphatic carbocycles. The molecule has 0 unspecified atom stereocenters. The van der Waals surface area contributed by atoms with Crippen molar-refractivity contribution in [2.75, 3.05) is 11.9 Å². The van der Waals surface area contributed by atoms with Crippen molar-refractivity contribution in [3.8, 4) is 0 Å². The van der Waals surface area contributed by atoms with E-state index in [1.165, 1.54) is 42.6 Å². The number of benzene rings is 1. The molecule has 0 spiro atoms. The largest absolute Gasteiger partial charge is 0.336 e. The SMILES string of the molecule is Cc1ccc(NC(=O)NCCn2nc(C3CC3)cc2C2CC2)cc1. The third-order valence-corrected chi connectivity index (χ3v) is 4.74. The molecule has 0 radical (unpaired) electrons. The first-order valence-corrected chi connectivity index (χ1v) is 8.88. The van der Waals surface area contributed by atoms with Crippen molar-refractivity contribution < 1.29 is 4.79 Å². The number of aromatic nitrogens is 2. The molecule has 2 aliphatic rings. The number of anilines is 1. The Bertz CT molecular complexity index is 726. The Morgan fingerprint density at radius 1 is 1.17 bits per heavy atom. The third kappa shape index (κ3) is 3.61. The maximum absolute atomic E-state index is 12.0. The zero-order chi connectivity index (χ0) is 16.5. The summed E-state index contributed by atoms with van der Waals surface area (Å²) in [4.78, 5) is 12.0. The molecule has 5 heteroatoms. The van der Waals surface area contributed by atoms with Crippen molar-refractivity contribution in [2.24, 2.45) is 0 Å². The Morgan fingerprint density at radius 2 is 1.88 bits per heavy atom. The molecule has 5 nitrogen and oxygen atoms in total. The van der Waals surface area contributed by atoms with E-state index in [1.807, 2.05) is 31.2 Å². The third-order valence-electron chi connectivity index (χ3n) is 4.74. The summed E-state index contributed by atoms with van der Waals surface area (Å²) in [5, 5.41) is 10.6. The molecule has 0 saturated heterocycles. The molecule has 0 atom stereocenters. The van der Waals surface area contributed by atoms with Crippen LogP contribution in [0.5, 0.6) is 0 Å². The monoisotopic (exact) mass is 324 g/mol. The Balaban J connectivity index is 1.30. The Labute approximate surface area is 142 Å². The van der Waals surface area contributed by atoms with Crippen LogP contribution in [0.3, 0.4) is 0 Å². The van der Waals surface area contributed by atoms with Crippen LogP contribution in [-0.4, -0.2) is 22.4 Å². The van der Waals surface area contributed by atoms with Gasteiger partial charge in [0.15, 0.2) is 0 Å². The summed E-state index contributed by atoms with van der Waals surface area (Å²) in [5.74, 6) is 1.37. The van der Waals surface area contributed by atoms with E-state index >= 15 is 0 Å². The average Bonchev–Trinajstić information content (AvgIpc) is 3.48. The summed E-state index contributed by atoms with van der Waals surface area (Å²) in [6.07, 6.45) is 5.10. The zero-order valence-corrected chi connectivity index (χ0v) is 14.1. The van der Waals surface area contributed by atoms with Crippen LogP contribution < -0.4 is 10.6 Å². The van der Waals surface area contributed by atoms with Crippen molar-refractivity contribution in [1.29, 1.82) is 0 Å². The molecule has 4 rings (SSSR count). The van der Waals surface area contributed by atoms with Gasteiger partial charge in [-0.15, -0.1) is 0 Å². The fourth-order valence-corrected chi connectivity index (χ4v) is 3.00. The highest BCUT2D eigenvalue weighted by atomic mass is 16.2. The molecule has 1 aromatic heterocycles. The Morgan fingerprint density at radius 3 is 2.54 bits per heavy atom. The first-order chi connectivity index (χ1) is 11.7. The lowest BCUT2D eigenvalue weighted by Crippen LogP contribution is -2.32. The quantitative estimate of drug-likeness (QED) is 0.850. The standard InChI is InChI=1S/C19H24N4O/c1-13-2-8-16(9-3-13)21-19(24)20-10-11-23-18(15-6-7-15)12-17(22-23)14-4-5-14/h2-3,8-9,12,14-15H,4-7,10-11H2,1H3,(H2,20,21,24). The predicted octanol–water partition coefficient (Wildman–Crippen LogP) is 3.77. The number of hydrogen-bond acceptors (Lipinski definition) is 2. The minimum Gasteiger partial charge on any atom is -0.336 e. The van der Waals surface area contributed by atoms with Crippen LogP contribution in [-0.2, 0) is 6.54 Å². The molecule has 126 valence electrons. The molecule has 0 aliphatic heterocycles. The molecule has 2 aromatic rings. The first-order valence-electron chi connectivity index (χ1n) is 8.88. The number of aryl methyl sites for hydroxylation is 1. The summed E-state index contributed by atoms with van der Waals surface area (Å²) in [6.45, 7) is 3.35. The fourth-order valence-electron chi connectivity index (χ4n) is 3.00. The van der Waals surface area contributed by atoms with Gasteiger partial charge in [-0.1, -0.05) is 17.7 Å². The normalized spacial score (nSPS) is 16.9. The second-order valence-corrected chi connectivity index (χ2v) is 7.01. The van der Waals surface area contributed by atoms with Gasteiger partial charge in [0.2, 0.25) is 0 Å².